The fourth-order valence-corrected chi connectivity index (χ4v) is 4.35. The number of ether oxygens (including phenoxy) is 3. The number of hydrogen-bond donors (Lipinski definition) is 0. The van der Waals surface area contributed by atoms with Gasteiger partial charge in [-0.3, -0.25) is 14.4 Å². The van der Waals surface area contributed by atoms with E-state index in [1.807, 2.05) is 19.0 Å². The van der Waals surface area contributed by atoms with E-state index in [-0.39, 0.29) is 31.6 Å². The van der Waals surface area contributed by atoms with Crippen molar-refractivity contribution in [2.75, 3.05) is 33.9 Å². The first kappa shape index (κ1) is 37.4. The lowest BCUT2D eigenvalue weighted by Crippen LogP contribution is -2.31. The highest BCUT2D eigenvalue weighted by atomic mass is 16.6. The molecule has 0 saturated heterocycles. The summed E-state index contributed by atoms with van der Waals surface area (Å²) in [5.41, 5.74) is 0. The highest BCUT2D eigenvalue weighted by Crippen LogP contribution is 2.12. The number of rotatable bonds is 28. The zero-order chi connectivity index (χ0) is 29.0. The fourth-order valence-electron chi connectivity index (χ4n) is 4.35. The van der Waals surface area contributed by atoms with Crippen LogP contribution in [0, 0.1) is 0 Å². The summed E-state index contributed by atoms with van der Waals surface area (Å²) in [5.74, 6) is -0.986. The monoisotopic (exact) mass is 555 g/mol. The van der Waals surface area contributed by atoms with E-state index in [0.29, 0.717) is 19.4 Å². The normalized spacial score (nSPS) is 11.2. The van der Waals surface area contributed by atoms with Gasteiger partial charge >= 0.3 is 17.9 Å². The van der Waals surface area contributed by atoms with Crippen LogP contribution in [0.25, 0.3) is 0 Å². The predicted molar refractivity (Wildman–Crippen MR) is 159 cm³/mol. The van der Waals surface area contributed by atoms with Gasteiger partial charge in [0, 0.05) is 19.4 Å². The predicted octanol–water partition coefficient (Wildman–Crippen LogP) is 7.78. The number of carbonyl (C=O) groups excluding carboxylic acids is 3. The van der Waals surface area contributed by atoms with Crippen LogP contribution < -0.4 is 0 Å². The van der Waals surface area contributed by atoms with Crippen LogP contribution in [0.3, 0.4) is 0 Å². The zero-order valence-corrected chi connectivity index (χ0v) is 25.9. The van der Waals surface area contributed by atoms with Gasteiger partial charge in [0.2, 0.25) is 0 Å². The number of carbonyl (C=O) groups is 3. The molecule has 0 fully saturated rings. The summed E-state index contributed by atoms with van der Waals surface area (Å²) in [4.78, 5) is 38.6. The lowest BCUT2D eigenvalue weighted by atomic mass is 10.1. The highest BCUT2D eigenvalue weighted by molar-refractivity contribution is 5.71. The summed E-state index contributed by atoms with van der Waals surface area (Å²) in [6.45, 7) is 4.83. The summed E-state index contributed by atoms with van der Waals surface area (Å²) >= 11 is 0. The van der Waals surface area contributed by atoms with Crippen LogP contribution in [0.1, 0.15) is 149 Å². The third-order valence-electron chi connectivity index (χ3n) is 6.89. The van der Waals surface area contributed by atoms with Crippen molar-refractivity contribution in [3.05, 3.63) is 0 Å². The van der Waals surface area contributed by atoms with Gasteiger partial charge in [-0.05, 0) is 26.9 Å². The molecule has 0 aliphatic rings. The average molecular weight is 556 g/mol. The molecule has 0 aromatic heterocycles. The molecule has 0 rings (SSSR count). The first-order valence-electron chi connectivity index (χ1n) is 16.0. The van der Waals surface area contributed by atoms with Crippen LogP contribution in [0.5, 0.6) is 0 Å². The Kier molecular flexibility index (Phi) is 26.8. The van der Waals surface area contributed by atoms with Crippen LogP contribution in [-0.4, -0.2) is 62.8 Å². The third-order valence-corrected chi connectivity index (χ3v) is 6.89. The minimum atomic E-state index is -0.779. The molecule has 0 aromatic carbocycles. The molecule has 230 valence electrons. The van der Waals surface area contributed by atoms with Crippen molar-refractivity contribution >= 4 is 17.9 Å². The van der Waals surface area contributed by atoms with Gasteiger partial charge in [0.1, 0.15) is 13.2 Å². The van der Waals surface area contributed by atoms with Crippen molar-refractivity contribution in [3.8, 4) is 0 Å². The minimum Gasteiger partial charge on any atom is -0.462 e. The van der Waals surface area contributed by atoms with Crippen molar-refractivity contribution in [3.63, 3.8) is 0 Å². The smallest absolute Gasteiger partial charge is 0.307 e. The maximum atomic E-state index is 12.2. The molecule has 0 unspecified atom stereocenters. The van der Waals surface area contributed by atoms with Crippen LogP contribution in [0.2, 0.25) is 0 Å². The average Bonchev–Trinajstić information content (AvgIpc) is 2.91. The molecule has 0 bridgehead atoms. The van der Waals surface area contributed by atoms with E-state index in [9.17, 15) is 14.4 Å². The summed E-state index contributed by atoms with van der Waals surface area (Å²) in [7, 11) is 3.76. The standard InChI is InChI=1S/C32H61NO6/c1-5-7-9-11-13-15-17-19-21-23-30(34)37-27-29(39-32(36)25-26-33(3)4)28-38-31(35)24-22-20-18-16-14-12-10-8-6-2/h29H,5-28H2,1-4H3. The number of hydrogen-bond acceptors (Lipinski definition) is 7. The summed E-state index contributed by atoms with van der Waals surface area (Å²) in [6.07, 6.45) is 21.4. The van der Waals surface area contributed by atoms with Gasteiger partial charge < -0.3 is 19.1 Å². The quantitative estimate of drug-likeness (QED) is 0.0554. The largest absolute Gasteiger partial charge is 0.462 e. The molecule has 39 heavy (non-hydrogen) atoms. The van der Waals surface area contributed by atoms with Crippen LogP contribution in [0.15, 0.2) is 0 Å². The minimum absolute atomic E-state index is 0.0880. The SMILES string of the molecule is CCCCCCCCCCCC(=O)OCC(COC(=O)CCCCCCCCCCC)OC(=O)CCN(C)C. The topological polar surface area (TPSA) is 82.1 Å². The molecular weight excluding hydrogens is 494 g/mol. The highest BCUT2D eigenvalue weighted by Gasteiger charge is 2.19. The molecule has 0 aliphatic heterocycles. The van der Waals surface area contributed by atoms with E-state index in [2.05, 4.69) is 13.8 Å². The van der Waals surface area contributed by atoms with Gasteiger partial charge in [-0.25, -0.2) is 0 Å². The molecular formula is C32H61NO6. The Morgan fingerprint density at radius 1 is 0.513 bits per heavy atom. The van der Waals surface area contributed by atoms with E-state index in [1.54, 1.807) is 0 Å². The Morgan fingerprint density at radius 2 is 0.872 bits per heavy atom. The first-order chi connectivity index (χ1) is 18.9. The van der Waals surface area contributed by atoms with Crippen molar-refractivity contribution < 1.29 is 28.6 Å². The Balaban J connectivity index is 4.21. The molecule has 0 spiro atoms. The van der Waals surface area contributed by atoms with Crippen LogP contribution in [-0.2, 0) is 28.6 Å². The zero-order valence-electron chi connectivity index (χ0n) is 25.9. The molecule has 0 atom stereocenters. The van der Waals surface area contributed by atoms with Crippen molar-refractivity contribution in [2.45, 2.75) is 155 Å². The Labute approximate surface area is 240 Å². The van der Waals surface area contributed by atoms with Gasteiger partial charge in [-0.15, -0.1) is 0 Å². The molecule has 0 N–H and O–H groups in total. The Bertz CT molecular complexity index is 557. The molecule has 0 heterocycles. The number of unbranched alkanes of at least 4 members (excludes halogenated alkanes) is 16. The van der Waals surface area contributed by atoms with Crippen molar-refractivity contribution in [1.82, 2.24) is 4.90 Å². The second kappa shape index (κ2) is 27.9. The second-order valence-corrected chi connectivity index (χ2v) is 11.2. The van der Waals surface area contributed by atoms with Gasteiger partial charge in [-0.2, -0.15) is 0 Å². The molecule has 7 nitrogen and oxygen atoms in total. The van der Waals surface area contributed by atoms with Crippen molar-refractivity contribution in [1.29, 1.82) is 0 Å². The maximum absolute atomic E-state index is 12.2. The van der Waals surface area contributed by atoms with Gasteiger partial charge in [0.15, 0.2) is 6.10 Å². The molecule has 7 heteroatoms. The summed E-state index contributed by atoms with van der Waals surface area (Å²) < 4.78 is 16.2. The van der Waals surface area contributed by atoms with E-state index >= 15 is 0 Å². The number of nitrogens with zero attached hydrogens (tertiary/aromatic N) is 1. The lowest BCUT2D eigenvalue weighted by Gasteiger charge is -2.19. The fraction of sp³-hybridized carbons (Fsp3) is 0.906. The second-order valence-electron chi connectivity index (χ2n) is 11.2. The van der Waals surface area contributed by atoms with E-state index in [0.717, 1.165) is 38.5 Å². The van der Waals surface area contributed by atoms with Gasteiger partial charge in [0.25, 0.3) is 0 Å². The van der Waals surface area contributed by atoms with Crippen LogP contribution >= 0.6 is 0 Å². The molecule has 0 aliphatic carbocycles. The third kappa shape index (κ3) is 27.7. The van der Waals surface area contributed by atoms with E-state index in [1.165, 1.54) is 77.0 Å². The van der Waals surface area contributed by atoms with E-state index < -0.39 is 12.1 Å². The first-order valence-corrected chi connectivity index (χ1v) is 16.0. The van der Waals surface area contributed by atoms with E-state index in [4.69, 9.17) is 14.2 Å². The Hall–Kier alpha value is -1.63. The Morgan fingerprint density at radius 3 is 1.23 bits per heavy atom. The lowest BCUT2D eigenvalue weighted by molar-refractivity contribution is -0.167. The molecule has 0 amide bonds. The molecule has 0 aromatic rings. The molecule has 0 saturated carbocycles. The van der Waals surface area contributed by atoms with Gasteiger partial charge in [-0.1, -0.05) is 117 Å². The summed E-state index contributed by atoms with van der Waals surface area (Å²) in [6, 6.07) is 0. The molecule has 0 radical (unpaired) electrons. The van der Waals surface area contributed by atoms with Crippen molar-refractivity contribution in [2.24, 2.45) is 0 Å². The maximum Gasteiger partial charge on any atom is 0.307 e. The summed E-state index contributed by atoms with van der Waals surface area (Å²) in [5, 5.41) is 0. The van der Waals surface area contributed by atoms with Crippen LogP contribution in [0.4, 0.5) is 0 Å². The van der Waals surface area contributed by atoms with Gasteiger partial charge in [0.05, 0.1) is 6.42 Å². The number of esters is 3.